The van der Waals surface area contributed by atoms with Crippen LogP contribution in [0.3, 0.4) is 0 Å². The highest BCUT2D eigenvalue weighted by Crippen LogP contribution is 2.16. The van der Waals surface area contributed by atoms with Crippen LogP contribution in [0.25, 0.3) is 11.1 Å². The summed E-state index contributed by atoms with van der Waals surface area (Å²) in [5, 5.41) is 2.69. The maximum absolute atomic E-state index is 11.1. The molecule has 2 aromatic rings. The Balaban J connectivity index is 2.21. The molecule has 2 N–H and O–H groups in total. The summed E-state index contributed by atoms with van der Waals surface area (Å²) in [6.07, 6.45) is 2.23. The highest BCUT2D eigenvalue weighted by atomic mass is 16.3. The monoisotopic (exact) mass is 220 g/mol. The molecule has 0 saturated heterocycles. The van der Waals surface area contributed by atoms with E-state index in [-0.39, 0.29) is 11.5 Å². The van der Waals surface area contributed by atoms with Gasteiger partial charge in [0.15, 0.2) is 5.58 Å². The fraction of sp³-hybridized carbons (Fsp3) is 0.273. The number of aromatic nitrogens is 1. The first-order valence-electron chi connectivity index (χ1n) is 5.00. The molecule has 1 amide bonds. The van der Waals surface area contributed by atoms with E-state index >= 15 is 0 Å². The number of amides is 1. The van der Waals surface area contributed by atoms with Gasteiger partial charge in [-0.15, -0.1) is 0 Å². The largest absolute Gasteiger partial charge is 0.462 e. The molecule has 0 spiro atoms. The second kappa shape index (κ2) is 4.22. The fourth-order valence-corrected chi connectivity index (χ4v) is 1.55. The van der Waals surface area contributed by atoms with E-state index in [1.165, 1.54) is 13.0 Å². The van der Waals surface area contributed by atoms with Crippen LogP contribution < -0.4 is 10.9 Å². The number of furan rings is 1. The van der Waals surface area contributed by atoms with Gasteiger partial charge in [0.05, 0.1) is 11.8 Å². The van der Waals surface area contributed by atoms with Crippen LogP contribution >= 0.6 is 0 Å². The number of H-pyrrole nitrogens is 1. The van der Waals surface area contributed by atoms with Crippen LogP contribution in [0.1, 0.15) is 12.5 Å². The van der Waals surface area contributed by atoms with Gasteiger partial charge in [-0.1, -0.05) is 0 Å². The summed E-state index contributed by atoms with van der Waals surface area (Å²) in [5.74, 6) is -0.0682. The van der Waals surface area contributed by atoms with Gasteiger partial charge in [0, 0.05) is 25.1 Å². The van der Waals surface area contributed by atoms with E-state index in [4.69, 9.17) is 4.42 Å². The normalized spacial score (nSPS) is 10.6. The minimum absolute atomic E-state index is 0.0682. The summed E-state index contributed by atoms with van der Waals surface area (Å²) in [6.45, 7) is 2.00. The lowest BCUT2D eigenvalue weighted by Gasteiger charge is -1.99. The number of carbonyl (C=O) groups excluding carboxylic acids is 1. The van der Waals surface area contributed by atoms with Crippen LogP contribution in [0, 0.1) is 0 Å². The molecule has 5 heteroatoms. The summed E-state index contributed by atoms with van der Waals surface area (Å²) >= 11 is 0. The van der Waals surface area contributed by atoms with Gasteiger partial charge in [0.25, 0.3) is 0 Å². The molecule has 0 radical (unpaired) electrons. The summed E-state index contributed by atoms with van der Waals surface area (Å²) in [5.41, 5.74) is 2.09. The van der Waals surface area contributed by atoms with Crippen LogP contribution in [-0.2, 0) is 11.2 Å². The summed E-state index contributed by atoms with van der Waals surface area (Å²) in [4.78, 5) is 24.6. The molecule has 0 aliphatic rings. The number of fused-ring (bicyclic) bond motifs is 1. The quantitative estimate of drug-likeness (QED) is 0.803. The SMILES string of the molecule is CC(=O)NCCc1coc2ccc(=O)[nH]c12. The van der Waals surface area contributed by atoms with Crippen molar-refractivity contribution in [3.8, 4) is 0 Å². The zero-order valence-electron chi connectivity index (χ0n) is 8.87. The lowest BCUT2D eigenvalue weighted by molar-refractivity contribution is -0.118. The maximum atomic E-state index is 11.1. The highest BCUT2D eigenvalue weighted by molar-refractivity contribution is 5.76. The maximum Gasteiger partial charge on any atom is 0.248 e. The van der Waals surface area contributed by atoms with Gasteiger partial charge in [-0.3, -0.25) is 9.59 Å². The Morgan fingerprint density at radius 2 is 2.31 bits per heavy atom. The molecule has 0 aliphatic heterocycles. The number of hydrogen-bond donors (Lipinski definition) is 2. The van der Waals surface area contributed by atoms with E-state index in [2.05, 4.69) is 10.3 Å². The fourth-order valence-electron chi connectivity index (χ4n) is 1.55. The molecule has 5 nitrogen and oxygen atoms in total. The van der Waals surface area contributed by atoms with Gasteiger partial charge >= 0.3 is 0 Å². The number of carbonyl (C=O) groups is 1. The number of hydrogen-bond acceptors (Lipinski definition) is 3. The first kappa shape index (κ1) is 10.5. The van der Waals surface area contributed by atoms with E-state index in [0.29, 0.717) is 24.1 Å². The molecule has 0 aromatic carbocycles. The van der Waals surface area contributed by atoms with Gasteiger partial charge in [-0.25, -0.2) is 0 Å². The van der Waals surface area contributed by atoms with Crippen molar-refractivity contribution in [1.82, 2.24) is 10.3 Å². The lowest BCUT2D eigenvalue weighted by atomic mass is 10.2. The molecule has 0 unspecified atom stereocenters. The number of nitrogens with one attached hydrogen (secondary N) is 2. The first-order valence-corrected chi connectivity index (χ1v) is 5.00. The molecular formula is C11H12N2O3. The Kier molecular flexibility index (Phi) is 2.76. The van der Waals surface area contributed by atoms with Crippen molar-refractivity contribution < 1.29 is 9.21 Å². The molecule has 84 valence electrons. The van der Waals surface area contributed by atoms with E-state index in [1.54, 1.807) is 12.3 Å². The van der Waals surface area contributed by atoms with Crippen LogP contribution in [0.15, 0.2) is 27.6 Å². The molecule has 2 rings (SSSR count). The number of aromatic amines is 1. The molecule has 2 aromatic heterocycles. The van der Waals surface area contributed by atoms with Gasteiger partial charge < -0.3 is 14.7 Å². The summed E-state index contributed by atoms with van der Waals surface area (Å²) in [7, 11) is 0. The molecule has 16 heavy (non-hydrogen) atoms. The van der Waals surface area contributed by atoms with Crippen molar-refractivity contribution in [3.05, 3.63) is 34.3 Å². The Bertz CT molecular complexity index is 568. The van der Waals surface area contributed by atoms with Crippen molar-refractivity contribution in [3.63, 3.8) is 0 Å². The van der Waals surface area contributed by atoms with E-state index in [0.717, 1.165) is 5.56 Å². The highest BCUT2D eigenvalue weighted by Gasteiger charge is 2.06. The standard InChI is InChI=1S/C11H12N2O3/c1-7(14)12-5-4-8-6-16-9-2-3-10(15)13-11(8)9/h2-3,6H,4-5H2,1H3,(H,12,14)(H,13,15). The van der Waals surface area contributed by atoms with Gasteiger partial charge in [-0.2, -0.15) is 0 Å². The third kappa shape index (κ3) is 2.13. The minimum Gasteiger partial charge on any atom is -0.462 e. The van der Waals surface area contributed by atoms with Gasteiger partial charge in [0.2, 0.25) is 11.5 Å². The Morgan fingerprint density at radius 3 is 3.06 bits per heavy atom. The van der Waals surface area contributed by atoms with E-state index in [9.17, 15) is 9.59 Å². The van der Waals surface area contributed by atoms with E-state index in [1.807, 2.05) is 0 Å². The smallest absolute Gasteiger partial charge is 0.248 e. The number of pyridine rings is 1. The summed E-state index contributed by atoms with van der Waals surface area (Å²) in [6, 6.07) is 3.06. The Morgan fingerprint density at radius 1 is 1.50 bits per heavy atom. The summed E-state index contributed by atoms with van der Waals surface area (Å²) < 4.78 is 5.28. The van der Waals surface area contributed by atoms with Crippen molar-refractivity contribution in [2.45, 2.75) is 13.3 Å². The van der Waals surface area contributed by atoms with Crippen LogP contribution in [0.2, 0.25) is 0 Å². The van der Waals surface area contributed by atoms with Crippen molar-refractivity contribution in [2.24, 2.45) is 0 Å². The molecular weight excluding hydrogens is 208 g/mol. The first-order chi connectivity index (χ1) is 7.66. The van der Waals surface area contributed by atoms with Gasteiger partial charge in [-0.05, 0) is 12.5 Å². The zero-order valence-corrected chi connectivity index (χ0v) is 8.87. The predicted octanol–water partition coefficient (Wildman–Crippen LogP) is 0.800. The second-order valence-electron chi connectivity index (χ2n) is 3.56. The van der Waals surface area contributed by atoms with Gasteiger partial charge in [0.1, 0.15) is 0 Å². The lowest BCUT2D eigenvalue weighted by Crippen LogP contribution is -2.22. The Labute approximate surface area is 91.5 Å². The second-order valence-corrected chi connectivity index (χ2v) is 3.56. The molecule has 0 atom stereocenters. The zero-order chi connectivity index (χ0) is 11.5. The predicted molar refractivity (Wildman–Crippen MR) is 59.2 cm³/mol. The van der Waals surface area contributed by atoms with Crippen molar-refractivity contribution in [1.29, 1.82) is 0 Å². The molecule has 0 aliphatic carbocycles. The van der Waals surface area contributed by atoms with Crippen molar-refractivity contribution >= 4 is 17.0 Å². The van der Waals surface area contributed by atoms with Crippen molar-refractivity contribution in [2.75, 3.05) is 6.54 Å². The van der Waals surface area contributed by atoms with E-state index < -0.39 is 0 Å². The third-order valence-electron chi connectivity index (χ3n) is 2.30. The topological polar surface area (TPSA) is 75.1 Å². The number of rotatable bonds is 3. The average Bonchev–Trinajstić information content (AvgIpc) is 2.60. The van der Waals surface area contributed by atoms with Crippen LogP contribution in [-0.4, -0.2) is 17.4 Å². The molecule has 0 fully saturated rings. The molecule has 0 saturated carbocycles. The average molecular weight is 220 g/mol. The van der Waals surface area contributed by atoms with Crippen LogP contribution in [0.4, 0.5) is 0 Å². The minimum atomic E-state index is -0.158. The third-order valence-corrected chi connectivity index (χ3v) is 2.30. The van der Waals surface area contributed by atoms with Crippen LogP contribution in [0.5, 0.6) is 0 Å². The Hall–Kier alpha value is -2.04. The molecule has 2 heterocycles. The molecule has 0 bridgehead atoms.